The van der Waals surface area contributed by atoms with Gasteiger partial charge in [-0.1, -0.05) is 92.7 Å². The van der Waals surface area contributed by atoms with Crippen LogP contribution in [0.4, 0.5) is 39.3 Å². The van der Waals surface area contributed by atoms with Crippen molar-refractivity contribution in [2.45, 2.75) is 59.8 Å². The van der Waals surface area contributed by atoms with Crippen LogP contribution in [0.5, 0.6) is 0 Å². The van der Waals surface area contributed by atoms with Crippen molar-refractivity contribution in [1.82, 2.24) is 15.0 Å². The van der Waals surface area contributed by atoms with Crippen LogP contribution >= 0.6 is 0 Å². The molecule has 0 saturated carbocycles. The lowest BCUT2D eigenvalue weighted by Crippen LogP contribution is -2.46. The van der Waals surface area contributed by atoms with Crippen molar-refractivity contribution >= 4 is 52.2 Å². The third-order valence-corrected chi connectivity index (χ3v) is 10.5. The summed E-state index contributed by atoms with van der Waals surface area (Å²) in [6.45, 7) is 9.46. The van der Waals surface area contributed by atoms with Crippen LogP contribution in [-0.2, 0) is 24.4 Å². The smallest absolute Gasteiger partial charge is 0.330 e. The SMILES string of the molecule is Cc1ccc(Nc2ncc3c(n2)N(C)C(=O)N(c2cc(NCc4ccc5c(c4)N(Cc4ccccc4)C(=O)[C@H](CC(C)C)N=C5c4ccccc4)ccc2C)C3)cn1.O. The van der Waals surface area contributed by atoms with E-state index >= 15 is 0 Å². The normalized spacial score (nSPS) is 14.9. The lowest BCUT2D eigenvalue weighted by atomic mass is 9.98. The molecule has 4 aromatic carbocycles. The number of aryl methyl sites for hydroxylation is 2. The van der Waals surface area contributed by atoms with Crippen LogP contribution in [0, 0.1) is 19.8 Å². The number of nitrogens with zero attached hydrogens (tertiary/aromatic N) is 7. The van der Waals surface area contributed by atoms with Gasteiger partial charge in [0.2, 0.25) is 5.95 Å². The van der Waals surface area contributed by atoms with Crippen LogP contribution < -0.4 is 25.3 Å². The number of fused-ring (bicyclic) bond motifs is 2. The van der Waals surface area contributed by atoms with Crippen LogP contribution in [-0.4, -0.2) is 51.2 Å². The molecule has 300 valence electrons. The fourth-order valence-corrected chi connectivity index (χ4v) is 7.49. The highest BCUT2D eigenvalue weighted by atomic mass is 16.2. The zero-order valence-corrected chi connectivity index (χ0v) is 34.0. The Bertz CT molecular complexity index is 2490. The lowest BCUT2D eigenvalue weighted by molar-refractivity contribution is -0.120. The van der Waals surface area contributed by atoms with Crippen molar-refractivity contribution in [2.24, 2.45) is 10.9 Å². The highest BCUT2D eigenvalue weighted by Gasteiger charge is 2.34. The van der Waals surface area contributed by atoms with E-state index in [1.165, 1.54) is 0 Å². The molecule has 1 atom stereocenters. The molecular formula is C47H49N9O3. The molecule has 4 heterocycles. The van der Waals surface area contributed by atoms with Gasteiger partial charge in [0.15, 0.2) is 0 Å². The van der Waals surface area contributed by atoms with E-state index in [4.69, 9.17) is 4.99 Å². The summed E-state index contributed by atoms with van der Waals surface area (Å²) in [7, 11) is 1.73. The molecule has 0 fully saturated rings. The Kier molecular flexibility index (Phi) is 11.8. The predicted molar refractivity (Wildman–Crippen MR) is 236 cm³/mol. The number of nitrogens with one attached hydrogen (secondary N) is 2. The first-order valence-electron chi connectivity index (χ1n) is 19.7. The zero-order valence-electron chi connectivity index (χ0n) is 34.0. The van der Waals surface area contributed by atoms with Crippen LogP contribution in [0.2, 0.25) is 0 Å². The molecule has 0 saturated heterocycles. The van der Waals surface area contributed by atoms with Gasteiger partial charge in [0.05, 0.1) is 42.1 Å². The summed E-state index contributed by atoms with van der Waals surface area (Å²) in [6.07, 6.45) is 4.14. The van der Waals surface area contributed by atoms with E-state index in [9.17, 15) is 9.59 Å². The van der Waals surface area contributed by atoms with Gasteiger partial charge < -0.3 is 21.0 Å². The summed E-state index contributed by atoms with van der Waals surface area (Å²) in [6, 6.07) is 35.8. The van der Waals surface area contributed by atoms with Crippen LogP contribution in [0.25, 0.3) is 0 Å². The second kappa shape index (κ2) is 17.3. The van der Waals surface area contributed by atoms with Gasteiger partial charge in [0.1, 0.15) is 11.9 Å². The fourth-order valence-electron chi connectivity index (χ4n) is 7.49. The van der Waals surface area contributed by atoms with Gasteiger partial charge >= 0.3 is 6.03 Å². The minimum Gasteiger partial charge on any atom is -0.412 e. The van der Waals surface area contributed by atoms with Crippen LogP contribution in [0.1, 0.15) is 59.3 Å². The summed E-state index contributed by atoms with van der Waals surface area (Å²) in [5, 5.41) is 6.79. The summed E-state index contributed by atoms with van der Waals surface area (Å²) in [5.74, 6) is 1.24. The molecule has 3 amide bonds. The maximum absolute atomic E-state index is 14.5. The Morgan fingerprint density at radius 3 is 2.27 bits per heavy atom. The van der Waals surface area contributed by atoms with E-state index in [1.807, 2.05) is 85.5 Å². The van der Waals surface area contributed by atoms with Crippen molar-refractivity contribution in [3.63, 3.8) is 0 Å². The van der Waals surface area contributed by atoms with E-state index in [1.54, 1.807) is 29.2 Å². The number of anilines is 6. The predicted octanol–water partition coefficient (Wildman–Crippen LogP) is 8.39. The molecule has 2 aliphatic heterocycles. The minimum atomic E-state index is -0.510. The van der Waals surface area contributed by atoms with Crippen molar-refractivity contribution in [3.05, 3.63) is 161 Å². The van der Waals surface area contributed by atoms with Gasteiger partial charge in [-0.3, -0.25) is 24.6 Å². The summed E-state index contributed by atoms with van der Waals surface area (Å²) < 4.78 is 0. The highest BCUT2D eigenvalue weighted by Crippen LogP contribution is 2.35. The van der Waals surface area contributed by atoms with Crippen molar-refractivity contribution in [1.29, 1.82) is 0 Å². The molecule has 2 aliphatic rings. The Balaban J connectivity index is 0.00000528. The molecule has 2 aromatic heterocycles. The summed E-state index contributed by atoms with van der Waals surface area (Å²) >= 11 is 0. The molecule has 0 spiro atoms. The number of benzodiazepines with no additional fused rings is 1. The molecule has 0 radical (unpaired) electrons. The van der Waals surface area contributed by atoms with Crippen molar-refractivity contribution in [2.75, 3.05) is 32.4 Å². The molecule has 8 rings (SSSR count). The summed E-state index contributed by atoms with van der Waals surface area (Å²) in [5.41, 5.74) is 10.8. The number of amides is 3. The maximum atomic E-state index is 14.5. The van der Waals surface area contributed by atoms with Crippen LogP contribution in [0.15, 0.2) is 127 Å². The fraction of sp³-hybridized carbons (Fsp3) is 0.234. The van der Waals surface area contributed by atoms with Crippen LogP contribution in [0.3, 0.4) is 0 Å². The molecule has 0 aliphatic carbocycles. The molecule has 6 aromatic rings. The van der Waals surface area contributed by atoms with E-state index in [0.29, 0.717) is 37.8 Å². The molecular weight excluding hydrogens is 739 g/mol. The standard InChI is InChI=1S/C47H47N9O2.H2O/c1-30(2)22-40-45(57)55(28-33-12-8-6-9-13-33)42-23-34(18-21-39(42)43(52-40)35-14-10-7-11-15-35)25-49-37-19-16-31(3)41(24-37)56-29-36-26-50-46(53-44(36)54(5)47(56)58)51-38-20-17-32(4)48-27-38;/h6-21,23-24,26-27,30,40,49H,22,25,28-29H2,1-5H3,(H,50,51,53);1H2/t40-;/m0./s1. The number of hydrogen-bond acceptors (Lipinski definition) is 8. The molecule has 0 unspecified atom stereocenters. The highest BCUT2D eigenvalue weighted by molar-refractivity contribution is 6.20. The van der Waals surface area contributed by atoms with Crippen molar-refractivity contribution < 1.29 is 15.1 Å². The van der Waals surface area contributed by atoms with Crippen molar-refractivity contribution in [3.8, 4) is 0 Å². The van der Waals surface area contributed by atoms with Gasteiger partial charge in [-0.2, -0.15) is 4.98 Å². The number of aliphatic imine (C=N–C) groups is 1. The number of pyridine rings is 1. The molecule has 12 heteroatoms. The molecule has 4 N–H and O–H groups in total. The Morgan fingerprint density at radius 1 is 0.797 bits per heavy atom. The first-order chi connectivity index (χ1) is 28.1. The first kappa shape index (κ1) is 40.3. The second-order valence-corrected chi connectivity index (χ2v) is 15.4. The molecule has 0 bridgehead atoms. The van der Waals surface area contributed by atoms with Gasteiger partial charge in [-0.15, -0.1) is 0 Å². The third kappa shape index (κ3) is 8.68. The Labute approximate surface area is 345 Å². The summed E-state index contributed by atoms with van der Waals surface area (Å²) in [4.78, 5) is 52.4. The van der Waals surface area contributed by atoms with E-state index in [0.717, 1.165) is 67.5 Å². The number of aromatic nitrogens is 3. The largest absolute Gasteiger partial charge is 0.412 e. The third-order valence-electron chi connectivity index (χ3n) is 10.5. The zero-order chi connectivity index (χ0) is 40.3. The number of carbonyl (C=O) groups excluding carboxylic acids is 2. The van der Waals surface area contributed by atoms with Gasteiger partial charge in [0, 0.05) is 47.9 Å². The Hall–Kier alpha value is -6.92. The molecule has 59 heavy (non-hydrogen) atoms. The van der Waals surface area contributed by atoms with Gasteiger partial charge in [-0.05, 0) is 73.2 Å². The minimum absolute atomic E-state index is 0. The van der Waals surface area contributed by atoms with Gasteiger partial charge in [0.25, 0.3) is 5.91 Å². The average Bonchev–Trinajstić information content (AvgIpc) is 3.34. The van der Waals surface area contributed by atoms with E-state index in [2.05, 4.69) is 81.9 Å². The van der Waals surface area contributed by atoms with E-state index in [-0.39, 0.29) is 23.3 Å². The Morgan fingerprint density at radius 2 is 1.54 bits per heavy atom. The average molecular weight is 788 g/mol. The van der Waals surface area contributed by atoms with E-state index < -0.39 is 6.04 Å². The number of hydrogen-bond donors (Lipinski definition) is 2. The number of benzene rings is 4. The topological polar surface area (TPSA) is 150 Å². The first-order valence-corrected chi connectivity index (χ1v) is 19.7. The lowest BCUT2D eigenvalue weighted by Gasteiger charge is -2.35. The quantitative estimate of drug-likeness (QED) is 0.134. The molecule has 12 nitrogen and oxygen atoms in total. The second-order valence-electron chi connectivity index (χ2n) is 15.4. The number of urea groups is 1. The monoisotopic (exact) mass is 787 g/mol. The number of carbonyl (C=O) groups is 2. The maximum Gasteiger partial charge on any atom is 0.330 e. The number of rotatable bonds is 11. The van der Waals surface area contributed by atoms with Gasteiger partial charge in [-0.25, -0.2) is 9.78 Å².